The van der Waals surface area contributed by atoms with E-state index >= 15 is 0 Å². The van der Waals surface area contributed by atoms with Crippen LogP contribution in [0.4, 0.5) is 11.4 Å². The minimum atomic E-state index is 0.972. The van der Waals surface area contributed by atoms with Gasteiger partial charge in [-0.05, 0) is 23.6 Å². The van der Waals surface area contributed by atoms with Gasteiger partial charge in [0.05, 0.1) is 23.8 Å². The van der Waals surface area contributed by atoms with Crippen LogP contribution in [-0.4, -0.2) is 9.78 Å². The molecule has 0 aliphatic carbocycles. The predicted molar refractivity (Wildman–Crippen MR) is 90.8 cm³/mol. The van der Waals surface area contributed by atoms with Crippen molar-refractivity contribution in [3.63, 3.8) is 0 Å². The van der Waals surface area contributed by atoms with Gasteiger partial charge in [0.1, 0.15) is 0 Å². The number of nitrogens with zero attached hydrogens (tertiary/aromatic N) is 2. The van der Waals surface area contributed by atoms with Gasteiger partial charge in [0.25, 0.3) is 0 Å². The number of anilines is 2. The molecule has 0 saturated heterocycles. The summed E-state index contributed by atoms with van der Waals surface area (Å²) in [6.07, 6.45) is 3.84. The van der Waals surface area contributed by atoms with Crippen molar-refractivity contribution in [1.82, 2.24) is 9.78 Å². The van der Waals surface area contributed by atoms with Gasteiger partial charge in [-0.1, -0.05) is 54.6 Å². The van der Waals surface area contributed by atoms with Gasteiger partial charge in [-0.3, -0.25) is 0 Å². The maximum atomic E-state index is 4.42. The summed E-state index contributed by atoms with van der Waals surface area (Å²) in [5.41, 5.74) is 3.11. The van der Waals surface area contributed by atoms with Crippen molar-refractivity contribution >= 4 is 22.1 Å². The number of nitrogens with one attached hydrogen (secondary N) is 1. The molecular formula is C19H15N3. The maximum Gasteiger partial charge on any atom is 0.0775 e. The predicted octanol–water partition coefficient (Wildman–Crippen LogP) is 4.77. The van der Waals surface area contributed by atoms with Crippen LogP contribution in [-0.2, 0) is 0 Å². The van der Waals surface area contributed by atoms with Gasteiger partial charge in [0.15, 0.2) is 0 Å². The van der Waals surface area contributed by atoms with E-state index in [2.05, 4.69) is 52.9 Å². The van der Waals surface area contributed by atoms with Gasteiger partial charge < -0.3 is 5.32 Å². The number of benzene rings is 3. The quantitative estimate of drug-likeness (QED) is 0.587. The topological polar surface area (TPSA) is 29.9 Å². The van der Waals surface area contributed by atoms with Crippen molar-refractivity contribution in [3.05, 3.63) is 85.2 Å². The standard InChI is InChI=1S/C19H15N3/c1-2-9-17(10-3-1)22-14-16(13-20-22)21-19-12-6-8-15-7-4-5-11-18(15)19/h1-14,21H. The van der Waals surface area contributed by atoms with Gasteiger partial charge in [-0.25, -0.2) is 4.68 Å². The highest BCUT2D eigenvalue weighted by Gasteiger charge is 2.03. The van der Waals surface area contributed by atoms with Crippen LogP contribution in [0.3, 0.4) is 0 Å². The molecule has 1 aromatic heterocycles. The lowest BCUT2D eigenvalue weighted by Crippen LogP contribution is -1.93. The number of fused-ring (bicyclic) bond motifs is 1. The lowest BCUT2D eigenvalue weighted by atomic mass is 10.1. The summed E-state index contributed by atoms with van der Waals surface area (Å²) < 4.78 is 1.87. The van der Waals surface area contributed by atoms with Crippen LogP contribution in [0.15, 0.2) is 85.2 Å². The van der Waals surface area contributed by atoms with E-state index in [-0.39, 0.29) is 0 Å². The molecule has 0 bridgehead atoms. The third kappa shape index (κ3) is 2.33. The molecule has 4 rings (SSSR count). The van der Waals surface area contributed by atoms with Crippen LogP contribution < -0.4 is 5.32 Å². The van der Waals surface area contributed by atoms with E-state index in [0.29, 0.717) is 0 Å². The molecule has 1 N–H and O–H groups in total. The first-order chi connectivity index (χ1) is 10.9. The van der Waals surface area contributed by atoms with Crippen molar-refractivity contribution < 1.29 is 0 Å². The van der Waals surface area contributed by atoms with E-state index in [1.165, 1.54) is 10.8 Å². The highest BCUT2D eigenvalue weighted by molar-refractivity contribution is 5.95. The monoisotopic (exact) mass is 285 g/mol. The van der Waals surface area contributed by atoms with E-state index in [0.717, 1.165) is 17.1 Å². The Morgan fingerprint density at radius 2 is 1.55 bits per heavy atom. The second kappa shape index (κ2) is 5.37. The molecule has 0 atom stereocenters. The third-order valence-corrected chi connectivity index (χ3v) is 3.67. The summed E-state index contributed by atoms with van der Waals surface area (Å²) >= 11 is 0. The van der Waals surface area contributed by atoms with Crippen molar-refractivity contribution in [3.8, 4) is 5.69 Å². The van der Waals surface area contributed by atoms with E-state index in [4.69, 9.17) is 0 Å². The zero-order valence-electron chi connectivity index (χ0n) is 12.0. The lowest BCUT2D eigenvalue weighted by molar-refractivity contribution is 0.881. The molecule has 0 saturated carbocycles. The Morgan fingerprint density at radius 1 is 0.773 bits per heavy atom. The Balaban J connectivity index is 1.68. The van der Waals surface area contributed by atoms with Gasteiger partial charge in [0, 0.05) is 11.1 Å². The molecule has 3 nitrogen and oxygen atoms in total. The number of para-hydroxylation sites is 1. The number of rotatable bonds is 3. The molecule has 0 fully saturated rings. The lowest BCUT2D eigenvalue weighted by Gasteiger charge is -2.07. The molecule has 1 heterocycles. The summed E-state index contributed by atoms with van der Waals surface area (Å²) in [5.74, 6) is 0. The zero-order valence-corrected chi connectivity index (χ0v) is 12.0. The fraction of sp³-hybridized carbons (Fsp3) is 0. The molecule has 0 aliphatic rings. The third-order valence-electron chi connectivity index (χ3n) is 3.67. The van der Waals surface area contributed by atoms with Gasteiger partial charge in [0.2, 0.25) is 0 Å². The van der Waals surface area contributed by atoms with Gasteiger partial charge >= 0.3 is 0 Å². The van der Waals surface area contributed by atoms with E-state index in [9.17, 15) is 0 Å². The smallest absolute Gasteiger partial charge is 0.0775 e. The summed E-state index contributed by atoms with van der Waals surface area (Å²) in [6.45, 7) is 0. The highest BCUT2D eigenvalue weighted by Crippen LogP contribution is 2.26. The average Bonchev–Trinajstić information content (AvgIpc) is 3.05. The average molecular weight is 285 g/mol. The van der Waals surface area contributed by atoms with Crippen LogP contribution >= 0.6 is 0 Å². The van der Waals surface area contributed by atoms with Crippen molar-refractivity contribution in [1.29, 1.82) is 0 Å². The van der Waals surface area contributed by atoms with Crippen molar-refractivity contribution in [2.24, 2.45) is 0 Å². The summed E-state index contributed by atoms with van der Waals surface area (Å²) in [5, 5.41) is 10.3. The van der Waals surface area contributed by atoms with Crippen LogP contribution in [0, 0.1) is 0 Å². The SMILES string of the molecule is c1ccc(-n2cc(Nc3cccc4ccccc34)cn2)cc1. The molecule has 3 heteroatoms. The Labute approximate surface area is 128 Å². The zero-order chi connectivity index (χ0) is 14.8. The Kier molecular flexibility index (Phi) is 3.09. The van der Waals surface area contributed by atoms with Crippen LogP contribution in [0.2, 0.25) is 0 Å². The Bertz CT molecular complexity index is 905. The highest BCUT2D eigenvalue weighted by atomic mass is 15.3. The molecule has 106 valence electrons. The van der Waals surface area contributed by atoms with Crippen LogP contribution in [0.25, 0.3) is 16.5 Å². The fourth-order valence-corrected chi connectivity index (χ4v) is 2.60. The summed E-state index contributed by atoms with van der Waals surface area (Å²) in [4.78, 5) is 0. The minimum Gasteiger partial charge on any atom is -0.352 e. The van der Waals surface area contributed by atoms with Gasteiger partial charge in [-0.15, -0.1) is 0 Å². The Morgan fingerprint density at radius 3 is 2.45 bits per heavy atom. The number of aromatic nitrogens is 2. The molecule has 0 radical (unpaired) electrons. The normalized spacial score (nSPS) is 10.7. The van der Waals surface area contributed by atoms with E-state index in [1.54, 1.807) is 0 Å². The van der Waals surface area contributed by atoms with E-state index < -0.39 is 0 Å². The molecule has 0 amide bonds. The molecule has 3 aromatic carbocycles. The molecule has 0 spiro atoms. The van der Waals surface area contributed by atoms with E-state index in [1.807, 2.05) is 47.4 Å². The van der Waals surface area contributed by atoms with Gasteiger partial charge in [-0.2, -0.15) is 5.10 Å². The molecular weight excluding hydrogens is 270 g/mol. The summed E-state index contributed by atoms with van der Waals surface area (Å²) in [6, 6.07) is 24.7. The second-order valence-electron chi connectivity index (χ2n) is 5.16. The molecule has 0 unspecified atom stereocenters. The number of hydrogen-bond donors (Lipinski definition) is 1. The summed E-state index contributed by atoms with van der Waals surface area (Å²) in [7, 11) is 0. The molecule has 0 aliphatic heterocycles. The largest absolute Gasteiger partial charge is 0.352 e. The van der Waals surface area contributed by atoms with Crippen LogP contribution in [0.5, 0.6) is 0 Å². The molecule has 22 heavy (non-hydrogen) atoms. The fourth-order valence-electron chi connectivity index (χ4n) is 2.60. The number of hydrogen-bond acceptors (Lipinski definition) is 2. The Hall–Kier alpha value is -3.07. The first-order valence-corrected chi connectivity index (χ1v) is 7.25. The van der Waals surface area contributed by atoms with Crippen molar-refractivity contribution in [2.75, 3.05) is 5.32 Å². The minimum absolute atomic E-state index is 0.972. The molecule has 4 aromatic rings. The first kappa shape index (κ1) is 12.7. The maximum absolute atomic E-state index is 4.42. The second-order valence-corrected chi connectivity index (χ2v) is 5.16. The first-order valence-electron chi connectivity index (χ1n) is 7.25. The van der Waals surface area contributed by atoms with Crippen molar-refractivity contribution in [2.45, 2.75) is 0 Å². The van der Waals surface area contributed by atoms with Crippen LogP contribution in [0.1, 0.15) is 0 Å².